The number of piperidine rings is 1. The van der Waals surface area contributed by atoms with Gasteiger partial charge in [0.25, 0.3) is 5.56 Å². The second-order valence-electron chi connectivity index (χ2n) is 9.15. The minimum Gasteiger partial charge on any atom is -0.474 e. The number of allylic oxidation sites excluding steroid dienone is 1. The molecule has 5 aromatic rings. The zero-order chi connectivity index (χ0) is 25.4. The number of hydrogen-bond donors (Lipinski definition) is 2. The minimum atomic E-state index is -0.210. The predicted molar refractivity (Wildman–Crippen MR) is 144 cm³/mol. The summed E-state index contributed by atoms with van der Waals surface area (Å²) in [6, 6.07) is 13.7. The van der Waals surface area contributed by atoms with Crippen LogP contribution in [0.2, 0.25) is 0 Å². The van der Waals surface area contributed by atoms with Crippen molar-refractivity contribution >= 4 is 33.6 Å². The topological polar surface area (TPSA) is 104 Å². The highest BCUT2D eigenvalue weighted by atomic mass is 16.5. The summed E-state index contributed by atoms with van der Waals surface area (Å²) in [6.45, 7) is 5.97. The van der Waals surface area contributed by atoms with Crippen molar-refractivity contribution in [3.63, 3.8) is 0 Å². The molecule has 1 aliphatic heterocycles. The lowest BCUT2D eigenvalue weighted by Crippen LogP contribution is -2.34. The summed E-state index contributed by atoms with van der Waals surface area (Å²) in [5.74, 6) is 1.44. The number of benzene rings is 1. The monoisotopic (exact) mass is 496 g/mol. The van der Waals surface area contributed by atoms with E-state index >= 15 is 0 Å². The Hall–Kier alpha value is -4.44. The van der Waals surface area contributed by atoms with E-state index < -0.39 is 0 Å². The summed E-state index contributed by atoms with van der Waals surface area (Å²) in [6.07, 6.45) is 7.22. The van der Waals surface area contributed by atoms with Crippen LogP contribution in [0.15, 0.2) is 72.3 Å². The van der Waals surface area contributed by atoms with Crippen LogP contribution in [0.1, 0.15) is 12.8 Å². The summed E-state index contributed by atoms with van der Waals surface area (Å²) in [5, 5.41) is 8.13. The molecule has 0 atom stereocenters. The van der Waals surface area contributed by atoms with Crippen molar-refractivity contribution < 1.29 is 4.74 Å². The van der Waals surface area contributed by atoms with Crippen LogP contribution in [0.25, 0.3) is 27.8 Å². The lowest BCUT2D eigenvalue weighted by atomic mass is 10.1. The Kier molecular flexibility index (Phi) is 5.93. The van der Waals surface area contributed by atoms with Gasteiger partial charge in [-0.3, -0.25) is 4.79 Å². The molecule has 0 amide bonds. The third kappa shape index (κ3) is 4.36. The third-order valence-electron chi connectivity index (χ3n) is 6.62. The number of aromatic nitrogens is 6. The highest BCUT2D eigenvalue weighted by Gasteiger charge is 2.20. The number of anilines is 2. The van der Waals surface area contributed by atoms with Gasteiger partial charge >= 0.3 is 0 Å². The number of aryl methyl sites for hydroxylation is 1. The molecule has 0 aliphatic carbocycles. The largest absolute Gasteiger partial charge is 0.474 e. The summed E-state index contributed by atoms with van der Waals surface area (Å²) in [4.78, 5) is 27.1. The van der Waals surface area contributed by atoms with Gasteiger partial charge < -0.3 is 19.9 Å². The minimum absolute atomic E-state index is 0.112. The van der Waals surface area contributed by atoms with Crippen LogP contribution in [-0.4, -0.2) is 48.1 Å². The molecular formula is C27H28N8O2. The molecule has 5 heterocycles. The quantitative estimate of drug-likeness (QED) is 0.332. The van der Waals surface area contributed by atoms with Gasteiger partial charge in [0.1, 0.15) is 11.5 Å². The molecule has 2 N–H and O–H groups in total. The molecule has 188 valence electrons. The molecule has 6 rings (SSSR count). The van der Waals surface area contributed by atoms with Gasteiger partial charge in [0.05, 0.1) is 6.54 Å². The molecule has 37 heavy (non-hydrogen) atoms. The molecule has 1 aliphatic rings. The van der Waals surface area contributed by atoms with Gasteiger partial charge in [-0.15, -0.1) is 6.58 Å². The van der Waals surface area contributed by atoms with E-state index in [1.165, 1.54) is 0 Å². The fourth-order valence-electron chi connectivity index (χ4n) is 4.77. The Bertz CT molecular complexity index is 1660. The SMILES string of the molecule is C=CCn1c(=O)c2cnc(Nc3ccc4c(ccn4C)c3)nc2n1-c1cccc(OC2CCNCC2)n1. The van der Waals surface area contributed by atoms with Crippen molar-refractivity contribution in [3.8, 4) is 11.7 Å². The molecule has 1 aromatic carbocycles. The number of ether oxygens (including phenoxy) is 1. The van der Waals surface area contributed by atoms with Crippen LogP contribution in [0.4, 0.5) is 11.6 Å². The standard InChI is InChI=1S/C27H28N8O2/c1-3-14-34-26(36)21-17-29-27(30-19-7-8-22-18(16-19)11-15-33(22)2)32-25(21)35(34)23-5-4-6-24(31-23)37-20-9-12-28-13-10-20/h3-8,11,15-17,20,28H,1,9-10,12-14H2,2H3,(H,29,30,32). The zero-order valence-corrected chi connectivity index (χ0v) is 20.6. The Morgan fingerprint density at radius 3 is 2.89 bits per heavy atom. The van der Waals surface area contributed by atoms with Crippen molar-refractivity contribution in [3.05, 3.63) is 77.9 Å². The number of hydrogen-bond acceptors (Lipinski definition) is 7. The lowest BCUT2D eigenvalue weighted by Gasteiger charge is -2.23. The number of nitrogens with zero attached hydrogens (tertiary/aromatic N) is 6. The summed E-state index contributed by atoms with van der Waals surface area (Å²) in [5.41, 5.74) is 2.23. The molecule has 0 bridgehead atoms. The van der Waals surface area contributed by atoms with E-state index in [0.717, 1.165) is 42.5 Å². The first-order valence-corrected chi connectivity index (χ1v) is 12.4. The molecule has 0 spiro atoms. The summed E-state index contributed by atoms with van der Waals surface area (Å²) >= 11 is 0. The van der Waals surface area contributed by atoms with Crippen LogP contribution in [-0.2, 0) is 13.6 Å². The Morgan fingerprint density at radius 2 is 2.05 bits per heavy atom. The molecule has 1 fully saturated rings. The summed E-state index contributed by atoms with van der Waals surface area (Å²) < 4.78 is 11.5. The smallest absolute Gasteiger partial charge is 0.278 e. The van der Waals surface area contributed by atoms with Gasteiger partial charge in [0.15, 0.2) is 11.5 Å². The van der Waals surface area contributed by atoms with Crippen molar-refractivity contribution in [1.82, 2.24) is 34.2 Å². The fourth-order valence-corrected chi connectivity index (χ4v) is 4.77. The van der Waals surface area contributed by atoms with Crippen molar-refractivity contribution in [2.24, 2.45) is 7.05 Å². The van der Waals surface area contributed by atoms with Crippen molar-refractivity contribution in [1.29, 1.82) is 0 Å². The molecule has 0 radical (unpaired) electrons. The van der Waals surface area contributed by atoms with Crippen LogP contribution in [0.5, 0.6) is 5.88 Å². The van der Waals surface area contributed by atoms with Crippen LogP contribution >= 0.6 is 0 Å². The first-order chi connectivity index (χ1) is 18.1. The highest BCUT2D eigenvalue weighted by molar-refractivity contribution is 5.84. The second kappa shape index (κ2) is 9.55. The van der Waals surface area contributed by atoms with E-state index in [1.54, 1.807) is 21.6 Å². The second-order valence-corrected chi connectivity index (χ2v) is 9.15. The van der Waals surface area contributed by atoms with Gasteiger partial charge in [-0.2, -0.15) is 9.97 Å². The van der Waals surface area contributed by atoms with E-state index in [-0.39, 0.29) is 11.7 Å². The third-order valence-corrected chi connectivity index (χ3v) is 6.62. The van der Waals surface area contributed by atoms with E-state index in [1.807, 2.05) is 49.6 Å². The van der Waals surface area contributed by atoms with E-state index in [4.69, 9.17) is 14.7 Å². The Balaban J connectivity index is 1.40. The molecule has 4 aromatic heterocycles. The summed E-state index contributed by atoms with van der Waals surface area (Å²) in [7, 11) is 2.01. The predicted octanol–water partition coefficient (Wildman–Crippen LogP) is 3.53. The average Bonchev–Trinajstić information content (AvgIpc) is 3.41. The van der Waals surface area contributed by atoms with Gasteiger partial charge in [-0.25, -0.2) is 14.3 Å². The van der Waals surface area contributed by atoms with Gasteiger partial charge in [0.2, 0.25) is 11.8 Å². The first kappa shape index (κ1) is 23.0. The van der Waals surface area contributed by atoms with Crippen molar-refractivity contribution in [2.45, 2.75) is 25.5 Å². The molecule has 10 nitrogen and oxygen atoms in total. The maximum absolute atomic E-state index is 13.3. The fraction of sp³-hybridized carbons (Fsp3) is 0.259. The number of rotatable bonds is 7. The zero-order valence-electron chi connectivity index (χ0n) is 20.6. The first-order valence-electron chi connectivity index (χ1n) is 12.4. The van der Waals surface area contributed by atoms with Gasteiger partial charge in [-0.1, -0.05) is 12.1 Å². The van der Waals surface area contributed by atoms with E-state index in [2.05, 4.69) is 32.8 Å². The Labute approximate surface area is 213 Å². The number of fused-ring (bicyclic) bond motifs is 2. The molecule has 1 saturated heterocycles. The lowest BCUT2D eigenvalue weighted by molar-refractivity contribution is 0.156. The van der Waals surface area contributed by atoms with Gasteiger partial charge in [-0.05, 0) is 56.3 Å². The maximum atomic E-state index is 13.3. The number of nitrogens with one attached hydrogen (secondary N) is 2. The molecule has 10 heteroatoms. The van der Waals surface area contributed by atoms with Crippen molar-refractivity contribution in [2.75, 3.05) is 18.4 Å². The Morgan fingerprint density at radius 1 is 1.19 bits per heavy atom. The highest BCUT2D eigenvalue weighted by Crippen LogP contribution is 2.23. The van der Waals surface area contributed by atoms with Crippen LogP contribution in [0.3, 0.4) is 0 Å². The molecule has 0 saturated carbocycles. The molecule has 0 unspecified atom stereocenters. The molecular weight excluding hydrogens is 468 g/mol. The maximum Gasteiger partial charge on any atom is 0.278 e. The number of pyridine rings is 1. The van der Waals surface area contributed by atoms with E-state index in [9.17, 15) is 4.79 Å². The average molecular weight is 497 g/mol. The van der Waals surface area contributed by atoms with Gasteiger partial charge in [0, 0.05) is 42.1 Å². The van der Waals surface area contributed by atoms with E-state index in [0.29, 0.717) is 35.2 Å². The van der Waals surface area contributed by atoms with Crippen LogP contribution < -0.4 is 20.9 Å². The van der Waals surface area contributed by atoms with Crippen LogP contribution in [0, 0.1) is 0 Å². The normalized spacial score (nSPS) is 14.3.